The van der Waals surface area contributed by atoms with Gasteiger partial charge in [0.05, 0.1) is 6.61 Å². The molecule has 1 aromatic heterocycles. The predicted octanol–water partition coefficient (Wildman–Crippen LogP) is 1.84. The number of nitrogens with one attached hydrogen (secondary N) is 1. The molecule has 0 radical (unpaired) electrons. The van der Waals surface area contributed by atoms with Crippen LogP contribution in [0.2, 0.25) is 0 Å². The summed E-state index contributed by atoms with van der Waals surface area (Å²) in [5, 5.41) is 9.35. The van der Waals surface area contributed by atoms with Gasteiger partial charge in [-0.15, -0.1) is 0 Å². The fourth-order valence-corrected chi connectivity index (χ4v) is 1.69. The normalized spacial score (nSPS) is 11.4. The molecule has 1 aromatic carbocycles. The first kappa shape index (κ1) is 10.6. The lowest BCUT2D eigenvalue weighted by molar-refractivity contribution is 0.343. The third-order valence-electron chi connectivity index (χ3n) is 2.40. The van der Waals surface area contributed by atoms with Crippen molar-refractivity contribution >= 4 is 17.0 Å². The third-order valence-corrected chi connectivity index (χ3v) is 2.40. The number of aliphatic hydroxyl groups excluding tert-OH is 1. The Hall–Kier alpha value is -1.87. The van der Waals surface area contributed by atoms with Gasteiger partial charge < -0.3 is 10.1 Å². The zero-order chi connectivity index (χ0) is 11.5. The van der Waals surface area contributed by atoms with E-state index in [2.05, 4.69) is 4.98 Å². The number of pyridine rings is 1. The maximum absolute atomic E-state index is 11.7. The summed E-state index contributed by atoms with van der Waals surface area (Å²) in [7, 11) is 0. The second-order valence-electron chi connectivity index (χ2n) is 3.71. The van der Waals surface area contributed by atoms with E-state index < -0.39 is 0 Å². The molecule has 0 aliphatic rings. The highest BCUT2D eigenvalue weighted by Crippen LogP contribution is 2.12. The number of aromatic nitrogens is 1. The van der Waals surface area contributed by atoms with Crippen molar-refractivity contribution < 1.29 is 5.11 Å². The number of rotatable bonds is 2. The smallest absolute Gasteiger partial charge is 0.189 e. The molecule has 0 aliphatic carbocycles. The molecule has 0 unspecified atom stereocenters. The number of hydrogen-bond acceptors (Lipinski definition) is 2. The van der Waals surface area contributed by atoms with Crippen molar-refractivity contribution in [1.29, 1.82) is 0 Å². The lowest BCUT2D eigenvalue weighted by Gasteiger charge is -2.01. The van der Waals surface area contributed by atoms with Crippen molar-refractivity contribution in [3.8, 4) is 0 Å². The zero-order valence-electron chi connectivity index (χ0n) is 9.03. The van der Waals surface area contributed by atoms with Crippen LogP contribution in [0.3, 0.4) is 0 Å². The highest BCUT2D eigenvalue weighted by molar-refractivity contribution is 5.81. The molecule has 3 heteroatoms. The van der Waals surface area contributed by atoms with Crippen molar-refractivity contribution in [2.24, 2.45) is 0 Å². The summed E-state index contributed by atoms with van der Waals surface area (Å²) in [5.74, 6) is 0. The van der Waals surface area contributed by atoms with E-state index in [1.807, 2.05) is 25.1 Å². The van der Waals surface area contributed by atoms with Gasteiger partial charge in [0, 0.05) is 22.7 Å². The topological polar surface area (TPSA) is 53.1 Å². The van der Waals surface area contributed by atoms with E-state index in [0.29, 0.717) is 5.39 Å². The molecule has 0 amide bonds. The number of aryl methyl sites for hydroxylation is 1. The van der Waals surface area contributed by atoms with Gasteiger partial charge in [-0.05, 0) is 24.6 Å². The average Bonchev–Trinajstić information content (AvgIpc) is 2.26. The van der Waals surface area contributed by atoms with Gasteiger partial charge in [0.2, 0.25) is 0 Å². The van der Waals surface area contributed by atoms with Gasteiger partial charge in [-0.25, -0.2) is 0 Å². The molecule has 2 aromatic rings. The second-order valence-corrected chi connectivity index (χ2v) is 3.71. The summed E-state index contributed by atoms with van der Waals surface area (Å²) < 4.78 is 0. The molecule has 0 fully saturated rings. The van der Waals surface area contributed by atoms with E-state index in [9.17, 15) is 4.79 Å². The number of aromatic amines is 1. The molecule has 0 saturated heterocycles. The zero-order valence-corrected chi connectivity index (χ0v) is 9.03. The minimum absolute atomic E-state index is 0.00227. The lowest BCUT2D eigenvalue weighted by Crippen LogP contribution is -2.02. The van der Waals surface area contributed by atoms with Crippen molar-refractivity contribution in [3.63, 3.8) is 0 Å². The first-order valence-corrected chi connectivity index (χ1v) is 5.12. The predicted molar refractivity (Wildman–Crippen MR) is 65.4 cm³/mol. The van der Waals surface area contributed by atoms with Gasteiger partial charge in [0.1, 0.15) is 0 Å². The molecule has 0 aliphatic heterocycles. The minimum Gasteiger partial charge on any atom is -0.392 e. The van der Waals surface area contributed by atoms with Crippen molar-refractivity contribution in [2.45, 2.75) is 6.92 Å². The highest BCUT2D eigenvalue weighted by Gasteiger charge is 1.99. The quantitative estimate of drug-likeness (QED) is 0.803. The van der Waals surface area contributed by atoms with Crippen LogP contribution in [0.4, 0.5) is 0 Å². The molecule has 0 saturated carbocycles. The highest BCUT2D eigenvalue weighted by atomic mass is 16.2. The Morgan fingerprint density at radius 1 is 1.38 bits per heavy atom. The molecule has 1 heterocycles. The van der Waals surface area contributed by atoms with Crippen LogP contribution in [-0.2, 0) is 0 Å². The van der Waals surface area contributed by atoms with E-state index in [1.165, 1.54) is 0 Å². The van der Waals surface area contributed by atoms with E-state index >= 15 is 0 Å². The number of aliphatic hydroxyl groups is 1. The molecule has 16 heavy (non-hydrogen) atoms. The SMILES string of the molecule is Cc1cc(=O)c2cc(C=CCO)ccc2[nH]1. The summed E-state index contributed by atoms with van der Waals surface area (Å²) in [6, 6.07) is 7.19. The number of fused-ring (bicyclic) bond motifs is 1. The maximum Gasteiger partial charge on any atom is 0.189 e. The van der Waals surface area contributed by atoms with Crippen LogP contribution in [0.25, 0.3) is 17.0 Å². The number of H-pyrrole nitrogens is 1. The molecular weight excluding hydrogens is 202 g/mol. The van der Waals surface area contributed by atoms with Crippen LogP contribution in [0.15, 0.2) is 35.1 Å². The van der Waals surface area contributed by atoms with Gasteiger partial charge in [0.25, 0.3) is 0 Å². The van der Waals surface area contributed by atoms with Crippen LogP contribution >= 0.6 is 0 Å². The molecule has 82 valence electrons. The number of hydrogen-bond donors (Lipinski definition) is 2. The molecule has 3 nitrogen and oxygen atoms in total. The first-order chi connectivity index (χ1) is 7.70. The van der Waals surface area contributed by atoms with Gasteiger partial charge in [-0.3, -0.25) is 4.79 Å². The van der Waals surface area contributed by atoms with Gasteiger partial charge in [-0.2, -0.15) is 0 Å². The number of benzene rings is 1. The van der Waals surface area contributed by atoms with Crippen molar-refractivity contribution in [2.75, 3.05) is 6.61 Å². The molecular formula is C13H13NO2. The molecule has 0 atom stereocenters. The molecule has 0 spiro atoms. The summed E-state index contributed by atoms with van der Waals surface area (Å²) in [4.78, 5) is 14.9. The van der Waals surface area contributed by atoms with Crippen molar-refractivity contribution in [1.82, 2.24) is 4.98 Å². The molecule has 2 rings (SSSR count). The van der Waals surface area contributed by atoms with Crippen LogP contribution < -0.4 is 5.43 Å². The molecule has 0 bridgehead atoms. The van der Waals surface area contributed by atoms with E-state index in [-0.39, 0.29) is 12.0 Å². The average molecular weight is 215 g/mol. The van der Waals surface area contributed by atoms with Crippen LogP contribution in [0.1, 0.15) is 11.3 Å². The Morgan fingerprint density at radius 2 is 2.19 bits per heavy atom. The monoisotopic (exact) mass is 215 g/mol. The van der Waals surface area contributed by atoms with Gasteiger partial charge in [0.15, 0.2) is 5.43 Å². The van der Waals surface area contributed by atoms with E-state index in [0.717, 1.165) is 16.8 Å². The van der Waals surface area contributed by atoms with Gasteiger partial charge >= 0.3 is 0 Å². The standard InChI is InChI=1S/C13H13NO2/c1-9-7-13(16)11-8-10(3-2-6-15)4-5-12(11)14-9/h2-5,7-8,15H,6H2,1H3,(H,14,16). The first-order valence-electron chi connectivity index (χ1n) is 5.12. The van der Waals surface area contributed by atoms with E-state index in [1.54, 1.807) is 18.2 Å². The Kier molecular flexibility index (Phi) is 2.88. The lowest BCUT2D eigenvalue weighted by atomic mass is 10.1. The fourth-order valence-electron chi connectivity index (χ4n) is 1.69. The minimum atomic E-state index is 0.00227. The Bertz CT molecular complexity index is 596. The second kappa shape index (κ2) is 4.33. The Morgan fingerprint density at radius 3 is 2.94 bits per heavy atom. The van der Waals surface area contributed by atoms with E-state index in [4.69, 9.17) is 5.11 Å². The Balaban J connectivity index is 2.62. The summed E-state index contributed by atoms with van der Waals surface area (Å²) in [6.07, 6.45) is 3.43. The maximum atomic E-state index is 11.7. The van der Waals surface area contributed by atoms with Crippen LogP contribution in [0.5, 0.6) is 0 Å². The van der Waals surface area contributed by atoms with Gasteiger partial charge in [-0.1, -0.05) is 18.2 Å². The summed E-state index contributed by atoms with van der Waals surface area (Å²) in [5.41, 5.74) is 2.63. The summed E-state index contributed by atoms with van der Waals surface area (Å²) in [6.45, 7) is 1.86. The van der Waals surface area contributed by atoms with Crippen LogP contribution in [0, 0.1) is 6.92 Å². The summed E-state index contributed by atoms with van der Waals surface area (Å²) >= 11 is 0. The van der Waals surface area contributed by atoms with Crippen LogP contribution in [-0.4, -0.2) is 16.7 Å². The van der Waals surface area contributed by atoms with Crippen molar-refractivity contribution in [3.05, 3.63) is 51.8 Å². The molecule has 2 N–H and O–H groups in total. The fraction of sp³-hybridized carbons (Fsp3) is 0.154. The Labute approximate surface area is 93.1 Å². The largest absolute Gasteiger partial charge is 0.392 e. The third kappa shape index (κ3) is 2.04.